The van der Waals surface area contributed by atoms with Crippen LogP contribution in [-0.4, -0.2) is 22.6 Å². The van der Waals surface area contributed by atoms with E-state index in [2.05, 4.69) is 4.98 Å². The summed E-state index contributed by atoms with van der Waals surface area (Å²) in [6, 6.07) is 3.88. The fraction of sp³-hybridized carbons (Fsp3) is 0.455. The molecular weight excluding hydrogens is 192 g/mol. The van der Waals surface area contributed by atoms with Crippen LogP contribution in [0, 0.1) is 0 Å². The molecule has 0 fully saturated rings. The van der Waals surface area contributed by atoms with Gasteiger partial charge >= 0.3 is 5.97 Å². The van der Waals surface area contributed by atoms with Gasteiger partial charge in [0.25, 0.3) is 0 Å². The third-order valence-electron chi connectivity index (χ3n) is 3.15. The standard InChI is InChI=1S/C11H14N2O2/c12-7-11(6-9(14)15)4-3-8-2-1-5-13-10(8)11/h1-2,5H,3-4,6-7,12H2,(H,14,15). The van der Waals surface area contributed by atoms with Crippen LogP contribution in [0.4, 0.5) is 0 Å². The predicted molar refractivity (Wildman–Crippen MR) is 55.5 cm³/mol. The second-order valence-electron chi connectivity index (χ2n) is 4.07. The number of carboxylic acid groups (broad SMARTS) is 1. The first kappa shape index (κ1) is 10.1. The first-order chi connectivity index (χ1) is 7.18. The Hall–Kier alpha value is -1.42. The molecule has 0 amide bonds. The van der Waals surface area contributed by atoms with Gasteiger partial charge in [-0.3, -0.25) is 9.78 Å². The van der Waals surface area contributed by atoms with Crippen LogP contribution in [-0.2, 0) is 16.6 Å². The highest BCUT2D eigenvalue weighted by Crippen LogP contribution is 2.39. The summed E-state index contributed by atoms with van der Waals surface area (Å²) in [4.78, 5) is 15.1. The first-order valence-corrected chi connectivity index (χ1v) is 5.04. The highest BCUT2D eigenvalue weighted by atomic mass is 16.4. The van der Waals surface area contributed by atoms with Crippen LogP contribution >= 0.6 is 0 Å². The van der Waals surface area contributed by atoms with Gasteiger partial charge in [0.15, 0.2) is 0 Å². The van der Waals surface area contributed by atoms with E-state index in [9.17, 15) is 4.79 Å². The summed E-state index contributed by atoms with van der Waals surface area (Å²) in [5.74, 6) is -0.807. The Bertz CT molecular complexity index is 392. The molecule has 0 spiro atoms. The van der Waals surface area contributed by atoms with E-state index in [-0.39, 0.29) is 6.42 Å². The molecule has 1 aliphatic rings. The molecule has 1 atom stereocenters. The van der Waals surface area contributed by atoms with Crippen molar-refractivity contribution in [1.29, 1.82) is 0 Å². The van der Waals surface area contributed by atoms with Gasteiger partial charge in [-0.15, -0.1) is 0 Å². The number of rotatable bonds is 3. The normalized spacial score (nSPS) is 23.8. The number of aliphatic carboxylic acids is 1. The smallest absolute Gasteiger partial charge is 0.304 e. The molecule has 4 nitrogen and oxygen atoms in total. The second kappa shape index (κ2) is 3.62. The van der Waals surface area contributed by atoms with Crippen molar-refractivity contribution >= 4 is 5.97 Å². The number of aryl methyl sites for hydroxylation is 1. The second-order valence-corrected chi connectivity index (χ2v) is 4.07. The van der Waals surface area contributed by atoms with E-state index in [1.807, 2.05) is 12.1 Å². The van der Waals surface area contributed by atoms with E-state index in [1.54, 1.807) is 6.20 Å². The molecule has 0 radical (unpaired) electrons. The molecule has 1 aromatic rings. The number of fused-ring (bicyclic) bond motifs is 1. The van der Waals surface area contributed by atoms with Gasteiger partial charge in [0.2, 0.25) is 0 Å². The van der Waals surface area contributed by atoms with Gasteiger partial charge in [-0.2, -0.15) is 0 Å². The van der Waals surface area contributed by atoms with Crippen molar-refractivity contribution in [2.45, 2.75) is 24.7 Å². The summed E-state index contributed by atoms with van der Waals surface area (Å²) in [5.41, 5.74) is 7.31. The Labute approximate surface area is 88.1 Å². The zero-order valence-electron chi connectivity index (χ0n) is 8.44. The third-order valence-corrected chi connectivity index (χ3v) is 3.15. The van der Waals surface area contributed by atoms with Crippen LogP contribution in [0.3, 0.4) is 0 Å². The van der Waals surface area contributed by atoms with Crippen molar-refractivity contribution in [1.82, 2.24) is 4.98 Å². The summed E-state index contributed by atoms with van der Waals surface area (Å²) in [7, 11) is 0. The van der Waals surface area contributed by atoms with E-state index in [4.69, 9.17) is 10.8 Å². The van der Waals surface area contributed by atoms with Crippen molar-refractivity contribution in [3.05, 3.63) is 29.6 Å². The number of nitrogens with zero attached hydrogens (tertiary/aromatic N) is 1. The molecule has 0 saturated carbocycles. The predicted octanol–water partition coefficient (Wildman–Crippen LogP) is 0.699. The quantitative estimate of drug-likeness (QED) is 0.763. The summed E-state index contributed by atoms with van der Waals surface area (Å²) < 4.78 is 0. The van der Waals surface area contributed by atoms with E-state index >= 15 is 0 Å². The monoisotopic (exact) mass is 206 g/mol. The van der Waals surface area contributed by atoms with Crippen molar-refractivity contribution in [2.75, 3.05) is 6.54 Å². The zero-order valence-corrected chi connectivity index (χ0v) is 8.44. The van der Waals surface area contributed by atoms with Gasteiger partial charge in [-0.05, 0) is 24.5 Å². The van der Waals surface area contributed by atoms with E-state index in [0.29, 0.717) is 6.54 Å². The molecule has 0 aromatic carbocycles. The maximum absolute atomic E-state index is 10.8. The maximum Gasteiger partial charge on any atom is 0.304 e. The number of nitrogens with two attached hydrogens (primary N) is 1. The molecule has 4 heteroatoms. The summed E-state index contributed by atoms with van der Waals surface area (Å²) >= 11 is 0. The fourth-order valence-corrected chi connectivity index (χ4v) is 2.34. The molecule has 2 rings (SSSR count). The van der Waals surface area contributed by atoms with Crippen molar-refractivity contribution in [3.8, 4) is 0 Å². The average molecular weight is 206 g/mol. The highest BCUT2D eigenvalue weighted by Gasteiger charge is 2.40. The molecule has 15 heavy (non-hydrogen) atoms. The van der Waals surface area contributed by atoms with Gasteiger partial charge in [-0.25, -0.2) is 0 Å². The lowest BCUT2D eigenvalue weighted by Gasteiger charge is -2.25. The Morgan fingerprint density at radius 3 is 3.13 bits per heavy atom. The third kappa shape index (κ3) is 1.61. The molecular formula is C11H14N2O2. The van der Waals surface area contributed by atoms with Crippen LogP contribution in [0.25, 0.3) is 0 Å². The van der Waals surface area contributed by atoms with Crippen molar-refractivity contribution < 1.29 is 9.90 Å². The molecule has 1 aliphatic carbocycles. The van der Waals surface area contributed by atoms with Crippen LogP contribution < -0.4 is 5.73 Å². The molecule has 80 valence electrons. The summed E-state index contributed by atoms with van der Waals surface area (Å²) in [6.45, 7) is 0.351. The molecule has 1 aromatic heterocycles. The first-order valence-electron chi connectivity index (χ1n) is 5.04. The molecule has 1 unspecified atom stereocenters. The van der Waals surface area contributed by atoms with Crippen molar-refractivity contribution in [2.24, 2.45) is 5.73 Å². The molecule has 1 heterocycles. The van der Waals surface area contributed by atoms with Crippen LogP contribution in [0.15, 0.2) is 18.3 Å². The molecule has 3 N–H and O–H groups in total. The summed E-state index contributed by atoms with van der Waals surface area (Å²) in [6.07, 6.45) is 3.46. The number of hydrogen-bond donors (Lipinski definition) is 2. The SMILES string of the molecule is NCC1(CC(=O)O)CCc2cccnc21. The fourth-order valence-electron chi connectivity index (χ4n) is 2.34. The minimum atomic E-state index is -0.807. The van der Waals surface area contributed by atoms with E-state index in [0.717, 1.165) is 24.1 Å². The number of carboxylic acids is 1. The van der Waals surface area contributed by atoms with Gasteiger partial charge < -0.3 is 10.8 Å². The van der Waals surface area contributed by atoms with Crippen LogP contribution in [0.1, 0.15) is 24.1 Å². The van der Waals surface area contributed by atoms with Crippen LogP contribution in [0.2, 0.25) is 0 Å². The molecule has 0 saturated heterocycles. The average Bonchev–Trinajstić information content (AvgIpc) is 2.58. The lowest BCUT2D eigenvalue weighted by atomic mass is 9.82. The van der Waals surface area contributed by atoms with Gasteiger partial charge in [0, 0.05) is 18.2 Å². The molecule has 0 aliphatic heterocycles. The van der Waals surface area contributed by atoms with Gasteiger partial charge in [0.1, 0.15) is 0 Å². The number of hydrogen-bond acceptors (Lipinski definition) is 3. The maximum atomic E-state index is 10.8. The Balaban J connectivity index is 2.41. The van der Waals surface area contributed by atoms with Gasteiger partial charge in [-0.1, -0.05) is 6.07 Å². The highest BCUT2D eigenvalue weighted by molar-refractivity contribution is 5.69. The van der Waals surface area contributed by atoms with E-state index in [1.165, 1.54) is 0 Å². The zero-order chi connectivity index (χ0) is 10.9. The summed E-state index contributed by atoms with van der Waals surface area (Å²) in [5, 5.41) is 8.91. The topological polar surface area (TPSA) is 76.2 Å². The Morgan fingerprint density at radius 2 is 2.47 bits per heavy atom. The Kier molecular flexibility index (Phi) is 2.44. The largest absolute Gasteiger partial charge is 0.481 e. The van der Waals surface area contributed by atoms with Gasteiger partial charge in [0.05, 0.1) is 12.1 Å². The number of aromatic nitrogens is 1. The molecule has 0 bridgehead atoms. The minimum Gasteiger partial charge on any atom is -0.481 e. The van der Waals surface area contributed by atoms with Crippen molar-refractivity contribution in [3.63, 3.8) is 0 Å². The van der Waals surface area contributed by atoms with Crippen LogP contribution in [0.5, 0.6) is 0 Å². The minimum absolute atomic E-state index is 0.0769. The number of pyridine rings is 1. The lowest BCUT2D eigenvalue weighted by molar-refractivity contribution is -0.138. The lowest BCUT2D eigenvalue weighted by Crippen LogP contribution is -2.36. The Morgan fingerprint density at radius 1 is 1.67 bits per heavy atom. The number of carbonyl (C=O) groups is 1. The van der Waals surface area contributed by atoms with E-state index < -0.39 is 11.4 Å².